The fourth-order valence-electron chi connectivity index (χ4n) is 1.52. The van der Waals surface area contributed by atoms with Crippen molar-refractivity contribution in [1.82, 2.24) is 14.9 Å². The molecular weight excluding hydrogens is 214 g/mol. The second-order valence-electron chi connectivity index (χ2n) is 3.77. The van der Waals surface area contributed by atoms with Crippen LogP contribution in [0.3, 0.4) is 0 Å². The van der Waals surface area contributed by atoms with Crippen LogP contribution in [0.5, 0.6) is 0 Å². The van der Waals surface area contributed by atoms with Gasteiger partial charge in [0, 0.05) is 50.4 Å². The summed E-state index contributed by atoms with van der Waals surface area (Å²) in [6.07, 6.45) is 5.38. The third-order valence-electron chi connectivity index (χ3n) is 2.44. The van der Waals surface area contributed by atoms with E-state index in [-0.39, 0.29) is 5.43 Å². The lowest BCUT2D eigenvalue weighted by Gasteiger charge is -2.06. The monoisotopic (exact) mass is 229 g/mol. The van der Waals surface area contributed by atoms with E-state index in [0.29, 0.717) is 0 Å². The number of aromatic nitrogens is 2. The lowest BCUT2D eigenvalue weighted by molar-refractivity contribution is 0.590. The van der Waals surface area contributed by atoms with Crippen molar-refractivity contribution in [3.63, 3.8) is 0 Å². The molecule has 4 heteroatoms. The largest absolute Gasteiger partial charge is 0.353 e. The standard InChI is InChI=1S/C13H15N3O/c17-13-4-8-16(9-5-13)10-7-14-11-12-3-1-2-6-15-12/h1-6,8-9,14H,7,10-11H2. The molecule has 17 heavy (non-hydrogen) atoms. The van der Waals surface area contributed by atoms with E-state index < -0.39 is 0 Å². The zero-order chi connectivity index (χ0) is 11.9. The SMILES string of the molecule is O=c1ccn(CCNCc2ccccn2)cc1. The van der Waals surface area contributed by atoms with Crippen molar-refractivity contribution in [2.75, 3.05) is 6.54 Å². The summed E-state index contributed by atoms with van der Waals surface area (Å²) < 4.78 is 1.98. The molecule has 0 aliphatic rings. The molecule has 0 saturated carbocycles. The van der Waals surface area contributed by atoms with Gasteiger partial charge in [0.2, 0.25) is 0 Å². The van der Waals surface area contributed by atoms with Crippen molar-refractivity contribution in [1.29, 1.82) is 0 Å². The fourth-order valence-corrected chi connectivity index (χ4v) is 1.52. The zero-order valence-electron chi connectivity index (χ0n) is 9.54. The van der Waals surface area contributed by atoms with Crippen molar-refractivity contribution < 1.29 is 0 Å². The van der Waals surface area contributed by atoms with E-state index in [1.165, 1.54) is 0 Å². The Kier molecular flexibility index (Phi) is 4.05. The van der Waals surface area contributed by atoms with E-state index in [2.05, 4.69) is 10.3 Å². The van der Waals surface area contributed by atoms with E-state index in [4.69, 9.17) is 0 Å². The molecule has 0 aliphatic carbocycles. The minimum atomic E-state index is 0.0442. The molecule has 2 aromatic heterocycles. The maximum absolute atomic E-state index is 10.9. The van der Waals surface area contributed by atoms with Gasteiger partial charge in [-0.1, -0.05) is 6.07 Å². The lowest BCUT2D eigenvalue weighted by atomic mass is 10.3. The van der Waals surface area contributed by atoms with Crippen molar-refractivity contribution in [3.8, 4) is 0 Å². The normalized spacial score (nSPS) is 10.4. The van der Waals surface area contributed by atoms with E-state index in [1.54, 1.807) is 30.7 Å². The molecule has 2 heterocycles. The Balaban J connectivity index is 1.73. The molecule has 2 rings (SSSR count). The summed E-state index contributed by atoms with van der Waals surface area (Å²) in [5.74, 6) is 0. The van der Waals surface area contributed by atoms with Crippen LogP contribution in [0.15, 0.2) is 53.7 Å². The van der Waals surface area contributed by atoms with Gasteiger partial charge in [0.15, 0.2) is 5.43 Å². The summed E-state index contributed by atoms with van der Waals surface area (Å²) in [7, 11) is 0. The Morgan fingerprint density at radius 3 is 2.71 bits per heavy atom. The van der Waals surface area contributed by atoms with Crippen LogP contribution in [-0.2, 0) is 13.1 Å². The summed E-state index contributed by atoms with van der Waals surface area (Å²) in [6.45, 7) is 2.45. The minimum Gasteiger partial charge on any atom is -0.353 e. The summed E-state index contributed by atoms with van der Waals surface area (Å²) in [5, 5.41) is 3.30. The molecule has 0 unspecified atom stereocenters. The van der Waals surface area contributed by atoms with E-state index in [0.717, 1.165) is 25.3 Å². The molecule has 1 N–H and O–H groups in total. The molecule has 2 aromatic rings. The summed E-state index contributed by atoms with van der Waals surface area (Å²) in [4.78, 5) is 15.1. The third-order valence-corrected chi connectivity index (χ3v) is 2.44. The van der Waals surface area contributed by atoms with Gasteiger partial charge in [-0.05, 0) is 12.1 Å². The van der Waals surface area contributed by atoms with Crippen LogP contribution in [0.4, 0.5) is 0 Å². The third kappa shape index (κ3) is 3.85. The molecule has 0 amide bonds. The predicted molar refractivity (Wildman–Crippen MR) is 66.6 cm³/mol. The zero-order valence-corrected chi connectivity index (χ0v) is 9.54. The number of hydrogen-bond acceptors (Lipinski definition) is 3. The first-order valence-electron chi connectivity index (χ1n) is 5.61. The van der Waals surface area contributed by atoms with Gasteiger partial charge < -0.3 is 9.88 Å². The first kappa shape index (κ1) is 11.5. The Morgan fingerprint density at radius 2 is 2.00 bits per heavy atom. The first-order valence-corrected chi connectivity index (χ1v) is 5.61. The smallest absolute Gasteiger partial charge is 0.181 e. The summed E-state index contributed by atoms with van der Waals surface area (Å²) in [6, 6.07) is 9.01. The van der Waals surface area contributed by atoms with Crippen LogP contribution in [0.2, 0.25) is 0 Å². The molecular formula is C13H15N3O. The van der Waals surface area contributed by atoms with Gasteiger partial charge in [0.25, 0.3) is 0 Å². The molecule has 0 fully saturated rings. The quantitative estimate of drug-likeness (QED) is 0.779. The Labute approximate surface area is 99.9 Å². The van der Waals surface area contributed by atoms with Crippen LogP contribution in [-0.4, -0.2) is 16.1 Å². The summed E-state index contributed by atoms with van der Waals surface area (Å²) in [5.41, 5.74) is 1.08. The molecule has 0 aromatic carbocycles. The van der Waals surface area contributed by atoms with Gasteiger partial charge in [0.1, 0.15) is 0 Å². The fraction of sp³-hybridized carbons (Fsp3) is 0.231. The van der Waals surface area contributed by atoms with Gasteiger partial charge in [-0.2, -0.15) is 0 Å². The van der Waals surface area contributed by atoms with Gasteiger partial charge in [0.05, 0.1) is 5.69 Å². The van der Waals surface area contributed by atoms with Gasteiger partial charge in [-0.3, -0.25) is 9.78 Å². The average molecular weight is 229 g/mol. The van der Waals surface area contributed by atoms with Gasteiger partial charge in [-0.15, -0.1) is 0 Å². The van der Waals surface area contributed by atoms with E-state index >= 15 is 0 Å². The average Bonchev–Trinajstić information content (AvgIpc) is 2.38. The molecule has 0 bridgehead atoms. The maximum Gasteiger partial charge on any atom is 0.181 e. The molecule has 0 atom stereocenters. The highest BCUT2D eigenvalue weighted by molar-refractivity contribution is 5.02. The van der Waals surface area contributed by atoms with Gasteiger partial charge in [-0.25, -0.2) is 0 Å². The van der Waals surface area contributed by atoms with Crippen molar-refractivity contribution in [3.05, 3.63) is 64.8 Å². The number of nitrogens with zero attached hydrogens (tertiary/aromatic N) is 2. The minimum absolute atomic E-state index is 0.0442. The maximum atomic E-state index is 10.9. The number of pyridine rings is 2. The highest BCUT2D eigenvalue weighted by atomic mass is 16.1. The molecule has 0 aliphatic heterocycles. The number of rotatable bonds is 5. The first-order chi connectivity index (χ1) is 8.34. The Morgan fingerprint density at radius 1 is 1.18 bits per heavy atom. The van der Waals surface area contributed by atoms with Crippen LogP contribution < -0.4 is 10.7 Å². The molecule has 4 nitrogen and oxygen atoms in total. The second-order valence-corrected chi connectivity index (χ2v) is 3.77. The number of hydrogen-bond donors (Lipinski definition) is 1. The van der Waals surface area contributed by atoms with Crippen molar-refractivity contribution >= 4 is 0 Å². The summed E-state index contributed by atoms with van der Waals surface area (Å²) >= 11 is 0. The van der Waals surface area contributed by atoms with Gasteiger partial charge >= 0.3 is 0 Å². The second kappa shape index (κ2) is 5.96. The van der Waals surface area contributed by atoms with Crippen LogP contribution in [0.25, 0.3) is 0 Å². The predicted octanol–water partition coefficient (Wildman–Crippen LogP) is 1.03. The molecule has 88 valence electrons. The van der Waals surface area contributed by atoms with Crippen molar-refractivity contribution in [2.45, 2.75) is 13.1 Å². The molecule has 0 radical (unpaired) electrons. The number of nitrogens with one attached hydrogen (secondary N) is 1. The lowest BCUT2D eigenvalue weighted by Crippen LogP contribution is -2.20. The van der Waals surface area contributed by atoms with Crippen LogP contribution in [0.1, 0.15) is 5.69 Å². The Hall–Kier alpha value is -1.94. The highest BCUT2D eigenvalue weighted by Crippen LogP contribution is 1.91. The van der Waals surface area contributed by atoms with Crippen LogP contribution >= 0.6 is 0 Å². The van der Waals surface area contributed by atoms with E-state index in [1.807, 2.05) is 22.8 Å². The molecule has 0 saturated heterocycles. The molecule has 0 spiro atoms. The van der Waals surface area contributed by atoms with E-state index in [9.17, 15) is 4.79 Å². The van der Waals surface area contributed by atoms with Crippen LogP contribution in [0, 0.1) is 0 Å². The Bertz CT molecular complexity index is 487. The topological polar surface area (TPSA) is 46.9 Å². The van der Waals surface area contributed by atoms with Crippen molar-refractivity contribution in [2.24, 2.45) is 0 Å². The highest BCUT2D eigenvalue weighted by Gasteiger charge is 1.92.